The van der Waals surface area contributed by atoms with E-state index in [-0.39, 0.29) is 0 Å². The van der Waals surface area contributed by atoms with Crippen LogP contribution < -0.4 is 9.47 Å². The molecular weight excluding hydrogens is 258 g/mol. The predicted octanol–water partition coefficient (Wildman–Crippen LogP) is 2.04. The van der Waals surface area contributed by atoms with Gasteiger partial charge in [-0.1, -0.05) is 13.8 Å². The lowest BCUT2D eigenvalue weighted by molar-refractivity contribution is -0.143. The van der Waals surface area contributed by atoms with E-state index in [1.165, 1.54) is 0 Å². The van der Waals surface area contributed by atoms with Crippen molar-refractivity contribution < 1.29 is 19.4 Å². The van der Waals surface area contributed by atoms with Gasteiger partial charge in [-0.2, -0.15) is 0 Å². The van der Waals surface area contributed by atoms with Crippen molar-refractivity contribution >= 4 is 5.97 Å². The summed E-state index contributed by atoms with van der Waals surface area (Å²) >= 11 is 0. The standard InChI is InChI=1S/C15H23NO4/c1-5-16(6-2)13(15(17)18)10-11-9-12(19-3)7-8-14(11)20-4/h7-9,13H,5-6,10H2,1-4H3,(H,17,18)/t13-/m1/s1. The molecule has 0 aliphatic carbocycles. The number of hydrogen-bond acceptors (Lipinski definition) is 4. The quantitative estimate of drug-likeness (QED) is 0.790. The zero-order valence-corrected chi connectivity index (χ0v) is 12.5. The van der Waals surface area contributed by atoms with Gasteiger partial charge in [0.25, 0.3) is 0 Å². The van der Waals surface area contributed by atoms with Crippen LogP contribution in [0.1, 0.15) is 19.4 Å². The van der Waals surface area contributed by atoms with Crippen molar-refractivity contribution in [2.75, 3.05) is 27.3 Å². The number of hydrogen-bond donors (Lipinski definition) is 1. The third kappa shape index (κ3) is 3.87. The maximum Gasteiger partial charge on any atom is 0.321 e. The van der Waals surface area contributed by atoms with Crippen LogP contribution in [0.3, 0.4) is 0 Å². The smallest absolute Gasteiger partial charge is 0.321 e. The van der Waals surface area contributed by atoms with E-state index >= 15 is 0 Å². The van der Waals surface area contributed by atoms with Gasteiger partial charge in [-0.15, -0.1) is 0 Å². The summed E-state index contributed by atoms with van der Waals surface area (Å²) < 4.78 is 10.5. The Morgan fingerprint density at radius 2 is 1.90 bits per heavy atom. The molecule has 5 nitrogen and oxygen atoms in total. The van der Waals surface area contributed by atoms with Crippen LogP contribution >= 0.6 is 0 Å². The van der Waals surface area contributed by atoms with Crippen LogP contribution in [-0.4, -0.2) is 49.3 Å². The van der Waals surface area contributed by atoms with Crippen LogP contribution in [0.2, 0.25) is 0 Å². The molecular formula is C15H23NO4. The number of nitrogens with zero attached hydrogens (tertiary/aromatic N) is 1. The molecule has 5 heteroatoms. The average Bonchev–Trinajstić information content (AvgIpc) is 2.46. The molecule has 0 heterocycles. The molecule has 1 aromatic carbocycles. The van der Waals surface area contributed by atoms with Crippen LogP contribution in [0.5, 0.6) is 11.5 Å². The summed E-state index contributed by atoms with van der Waals surface area (Å²) in [5.41, 5.74) is 0.839. The number of benzene rings is 1. The Hall–Kier alpha value is -1.75. The van der Waals surface area contributed by atoms with Crippen molar-refractivity contribution in [1.29, 1.82) is 0 Å². The van der Waals surface area contributed by atoms with E-state index in [2.05, 4.69) is 0 Å². The molecule has 0 aliphatic rings. The Morgan fingerprint density at radius 3 is 2.35 bits per heavy atom. The fourth-order valence-electron chi connectivity index (χ4n) is 2.29. The number of carboxylic acid groups (broad SMARTS) is 1. The molecule has 0 unspecified atom stereocenters. The summed E-state index contributed by atoms with van der Waals surface area (Å²) in [6.07, 6.45) is 0.386. The first-order chi connectivity index (χ1) is 9.57. The summed E-state index contributed by atoms with van der Waals surface area (Å²) in [5, 5.41) is 9.44. The molecule has 0 radical (unpaired) electrons. The fourth-order valence-corrected chi connectivity index (χ4v) is 2.29. The van der Waals surface area contributed by atoms with Gasteiger partial charge in [-0.3, -0.25) is 9.69 Å². The largest absolute Gasteiger partial charge is 0.497 e. The minimum atomic E-state index is -0.821. The molecule has 0 aliphatic heterocycles. The third-order valence-electron chi connectivity index (χ3n) is 3.44. The Labute approximate surface area is 120 Å². The molecule has 112 valence electrons. The van der Waals surface area contributed by atoms with E-state index in [9.17, 15) is 9.90 Å². The van der Waals surface area contributed by atoms with Crippen LogP contribution in [0.15, 0.2) is 18.2 Å². The second-order valence-electron chi connectivity index (χ2n) is 4.46. The summed E-state index contributed by atoms with van der Waals surface area (Å²) in [4.78, 5) is 13.4. The van der Waals surface area contributed by atoms with Crippen LogP contribution in [0.25, 0.3) is 0 Å². The minimum Gasteiger partial charge on any atom is -0.497 e. The molecule has 0 fully saturated rings. The first-order valence-electron chi connectivity index (χ1n) is 6.75. The molecule has 0 bridgehead atoms. The number of carbonyl (C=O) groups is 1. The zero-order chi connectivity index (χ0) is 15.1. The topological polar surface area (TPSA) is 59.0 Å². The Balaban J connectivity index is 3.06. The van der Waals surface area contributed by atoms with Crippen molar-refractivity contribution in [3.63, 3.8) is 0 Å². The van der Waals surface area contributed by atoms with Crippen molar-refractivity contribution in [2.45, 2.75) is 26.3 Å². The molecule has 0 spiro atoms. The Bertz CT molecular complexity index is 443. The predicted molar refractivity (Wildman–Crippen MR) is 77.6 cm³/mol. The molecule has 0 aromatic heterocycles. The van der Waals surface area contributed by atoms with Crippen molar-refractivity contribution in [3.8, 4) is 11.5 Å². The van der Waals surface area contributed by atoms with Crippen molar-refractivity contribution in [1.82, 2.24) is 4.90 Å². The average molecular weight is 281 g/mol. The second kappa shape index (κ2) is 7.75. The van der Waals surface area contributed by atoms with Gasteiger partial charge in [0, 0.05) is 6.42 Å². The molecule has 1 aromatic rings. The first kappa shape index (κ1) is 16.3. The van der Waals surface area contributed by atoms with Gasteiger partial charge in [0.1, 0.15) is 17.5 Å². The number of carboxylic acids is 1. The number of aliphatic carboxylic acids is 1. The Kier molecular flexibility index (Phi) is 6.31. The van der Waals surface area contributed by atoms with E-state index in [1.54, 1.807) is 26.4 Å². The number of ether oxygens (including phenoxy) is 2. The van der Waals surface area contributed by atoms with Gasteiger partial charge < -0.3 is 14.6 Å². The molecule has 0 amide bonds. The maximum atomic E-state index is 11.5. The summed E-state index contributed by atoms with van der Waals surface area (Å²) in [6.45, 7) is 5.31. The van der Waals surface area contributed by atoms with Crippen LogP contribution in [0, 0.1) is 0 Å². The summed E-state index contributed by atoms with van der Waals surface area (Å²) in [5.74, 6) is 0.562. The minimum absolute atomic E-state index is 0.386. The summed E-state index contributed by atoms with van der Waals surface area (Å²) in [7, 11) is 3.17. The molecule has 1 rings (SSSR count). The molecule has 0 saturated heterocycles. The lowest BCUT2D eigenvalue weighted by Crippen LogP contribution is -2.42. The highest BCUT2D eigenvalue weighted by Gasteiger charge is 2.25. The maximum absolute atomic E-state index is 11.5. The van der Waals surface area contributed by atoms with Gasteiger partial charge in [0.2, 0.25) is 0 Å². The molecule has 0 saturated carbocycles. The highest BCUT2D eigenvalue weighted by Crippen LogP contribution is 2.26. The number of methoxy groups -OCH3 is 2. The van der Waals surface area contributed by atoms with Gasteiger partial charge in [-0.25, -0.2) is 0 Å². The second-order valence-corrected chi connectivity index (χ2v) is 4.46. The lowest BCUT2D eigenvalue weighted by Gasteiger charge is -2.26. The van der Waals surface area contributed by atoms with Crippen LogP contribution in [-0.2, 0) is 11.2 Å². The fraction of sp³-hybridized carbons (Fsp3) is 0.533. The van der Waals surface area contributed by atoms with Crippen molar-refractivity contribution in [3.05, 3.63) is 23.8 Å². The third-order valence-corrected chi connectivity index (χ3v) is 3.44. The normalized spacial score (nSPS) is 12.2. The number of likely N-dealkylation sites (N-methyl/N-ethyl adjacent to an activating group) is 1. The van der Waals surface area contributed by atoms with Gasteiger partial charge in [0.05, 0.1) is 14.2 Å². The SMILES string of the molecule is CCN(CC)[C@H](Cc1cc(OC)ccc1OC)C(=O)O. The first-order valence-corrected chi connectivity index (χ1v) is 6.75. The van der Waals surface area contributed by atoms with E-state index in [0.717, 1.165) is 5.56 Å². The Morgan fingerprint density at radius 1 is 1.25 bits per heavy atom. The molecule has 1 N–H and O–H groups in total. The summed E-state index contributed by atoms with van der Waals surface area (Å²) in [6, 6.07) is 4.87. The van der Waals surface area contributed by atoms with E-state index in [1.807, 2.05) is 24.8 Å². The van der Waals surface area contributed by atoms with Crippen LogP contribution in [0.4, 0.5) is 0 Å². The highest BCUT2D eigenvalue weighted by atomic mass is 16.5. The van der Waals surface area contributed by atoms with E-state index in [0.29, 0.717) is 31.0 Å². The van der Waals surface area contributed by atoms with E-state index in [4.69, 9.17) is 9.47 Å². The highest BCUT2D eigenvalue weighted by molar-refractivity contribution is 5.74. The molecule has 20 heavy (non-hydrogen) atoms. The lowest BCUT2D eigenvalue weighted by atomic mass is 10.0. The molecule has 1 atom stereocenters. The van der Waals surface area contributed by atoms with Gasteiger partial charge in [-0.05, 0) is 36.9 Å². The monoisotopic (exact) mass is 281 g/mol. The zero-order valence-electron chi connectivity index (χ0n) is 12.5. The van der Waals surface area contributed by atoms with Gasteiger partial charge >= 0.3 is 5.97 Å². The number of rotatable bonds is 8. The van der Waals surface area contributed by atoms with E-state index < -0.39 is 12.0 Å². The van der Waals surface area contributed by atoms with Gasteiger partial charge in [0.15, 0.2) is 0 Å². The van der Waals surface area contributed by atoms with Crippen molar-refractivity contribution in [2.24, 2.45) is 0 Å².